The minimum absolute atomic E-state index is 0.316. The third kappa shape index (κ3) is 1.68. The fourth-order valence-electron chi connectivity index (χ4n) is 3.10. The molecular formula is C16H18N4. The first kappa shape index (κ1) is 11.7. The standard InChI is InChI=1S/C16H18N4/c1-16(2)8-7-14-18-19-15(20(14)10-16)12-9-17-13-6-4-3-5-11(12)13/h3-6,9,17H,7-8,10H2,1-2H3. The molecule has 0 bridgehead atoms. The maximum Gasteiger partial charge on any atom is 0.166 e. The summed E-state index contributed by atoms with van der Waals surface area (Å²) in [4.78, 5) is 3.32. The Kier molecular flexibility index (Phi) is 2.31. The molecule has 4 nitrogen and oxygen atoms in total. The van der Waals surface area contributed by atoms with Crippen LogP contribution in [0.1, 0.15) is 26.1 Å². The van der Waals surface area contributed by atoms with E-state index in [1.54, 1.807) is 0 Å². The molecule has 1 aliphatic rings. The van der Waals surface area contributed by atoms with Crippen molar-refractivity contribution in [3.63, 3.8) is 0 Å². The van der Waals surface area contributed by atoms with Crippen molar-refractivity contribution in [3.8, 4) is 11.4 Å². The molecule has 0 fully saturated rings. The van der Waals surface area contributed by atoms with Crippen LogP contribution in [-0.2, 0) is 13.0 Å². The Hall–Kier alpha value is -2.10. The van der Waals surface area contributed by atoms with E-state index in [0.717, 1.165) is 35.7 Å². The second-order valence-corrected chi connectivity index (χ2v) is 6.44. The normalized spacial score (nSPS) is 17.3. The van der Waals surface area contributed by atoms with Crippen LogP contribution in [0.15, 0.2) is 30.5 Å². The van der Waals surface area contributed by atoms with Crippen molar-refractivity contribution in [2.45, 2.75) is 33.2 Å². The number of aryl methyl sites for hydroxylation is 1. The van der Waals surface area contributed by atoms with Crippen molar-refractivity contribution in [2.75, 3.05) is 0 Å². The van der Waals surface area contributed by atoms with Gasteiger partial charge in [-0.05, 0) is 17.9 Å². The van der Waals surface area contributed by atoms with E-state index in [2.05, 4.69) is 51.8 Å². The Morgan fingerprint density at radius 1 is 1.20 bits per heavy atom. The average Bonchev–Trinajstić information content (AvgIpc) is 3.00. The SMILES string of the molecule is CC1(C)CCc2nnc(-c3c[nH]c4ccccc34)n2C1. The molecule has 4 heteroatoms. The van der Waals surface area contributed by atoms with E-state index in [-0.39, 0.29) is 0 Å². The van der Waals surface area contributed by atoms with Gasteiger partial charge < -0.3 is 9.55 Å². The number of nitrogens with zero attached hydrogens (tertiary/aromatic N) is 3. The number of hydrogen-bond acceptors (Lipinski definition) is 2. The predicted molar refractivity (Wildman–Crippen MR) is 79.4 cm³/mol. The Morgan fingerprint density at radius 3 is 2.95 bits per heavy atom. The molecule has 102 valence electrons. The van der Waals surface area contributed by atoms with Crippen LogP contribution in [-0.4, -0.2) is 19.7 Å². The first-order chi connectivity index (χ1) is 9.64. The number of hydrogen-bond donors (Lipinski definition) is 1. The van der Waals surface area contributed by atoms with E-state index >= 15 is 0 Å². The Morgan fingerprint density at radius 2 is 2.05 bits per heavy atom. The zero-order valence-corrected chi connectivity index (χ0v) is 11.8. The molecule has 0 amide bonds. The number of benzene rings is 1. The highest BCUT2D eigenvalue weighted by Gasteiger charge is 2.29. The quantitative estimate of drug-likeness (QED) is 0.733. The predicted octanol–water partition coefficient (Wildman–Crippen LogP) is 3.40. The number of H-pyrrole nitrogens is 1. The summed E-state index contributed by atoms with van der Waals surface area (Å²) >= 11 is 0. The van der Waals surface area contributed by atoms with Crippen molar-refractivity contribution in [1.82, 2.24) is 19.7 Å². The highest BCUT2D eigenvalue weighted by molar-refractivity contribution is 5.93. The number of aromatic nitrogens is 4. The first-order valence-electron chi connectivity index (χ1n) is 7.13. The lowest BCUT2D eigenvalue weighted by Crippen LogP contribution is -2.27. The zero-order valence-electron chi connectivity index (χ0n) is 11.8. The number of aromatic amines is 1. The van der Waals surface area contributed by atoms with Crippen LogP contribution in [0.25, 0.3) is 22.3 Å². The molecule has 1 aliphatic heterocycles. The Bertz CT molecular complexity index is 779. The van der Waals surface area contributed by atoms with Crippen LogP contribution < -0.4 is 0 Å². The van der Waals surface area contributed by atoms with E-state index in [0.29, 0.717) is 5.41 Å². The molecule has 0 aliphatic carbocycles. The molecule has 3 heterocycles. The molecule has 1 N–H and O–H groups in total. The third-order valence-corrected chi connectivity index (χ3v) is 4.27. The van der Waals surface area contributed by atoms with Gasteiger partial charge in [-0.15, -0.1) is 10.2 Å². The molecule has 2 aromatic heterocycles. The van der Waals surface area contributed by atoms with Crippen molar-refractivity contribution >= 4 is 10.9 Å². The molecular weight excluding hydrogens is 248 g/mol. The van der Waals surface area contributed by atoms with Crippen LogP contribution in [0.2, 0.25) is 0 Å². The monoisotopic (exact) mass is 266 g/mol. The Balaban J connectivity index is 1.90. The van der Waals surface area contributed by atoms with Gasteiger partial charge in [-0.1, -0.05) is 32.0 Å². The largest absolute Gasteiger partial charge is 0.360 e. The second kappa shape index (κ2) is 3.95. The van der Waals surface area contributed by atoms with Gasteiger partial charge in [0.15, 0.2) is 5.82 Å². The molecule has 0 unspecified atom stereocenters. The lowest BCUT2D eigenvalue weighted by molar-refractivity contribution is 0.248. The highest BCUT2D eigenvalue weighted by Crippen LogP contribution is 2.35. The molecule has 0 saturated heterocycles. The van der Waals surface area contributed by atoms with Gasteiger partial charge in [-0.25, -0.2) is 0 Å². The highest BCUT2D eigenvalue weighted by atomic mass is 15.3. The molecule has 3 aromatic rings. The van der Waals surface area contributed by atoms with Crippen molar-refractivity contribution in [3.05, 3.63) is 36.3 Å². The number of rotatable bonds is 1. The zero-order chi connectivity index (χ0) is 13.7. The maximum atomic E-state index is 4.45. The van der Waals surface area contributed by atoms with Gasteiger partial charge in [-0.2, -0.15) is 0 Å². The van der Waals surface area contributed by atoms with E-state index in [1.165, 1.54) is 11.8 Å². The average molecular weight is 266 g/mol. The molecule has 4 rings (SSSR count). The summed E-state index contributed by atoms with van der Waals surface area (Å²) in [5.74, 6) is 2.11. The van der Waals surface area contributed by atoms with Crippen LogP contribution in [0.4, 0.5) is 0 Å². The van der Waals surface area contributed by atoms with Gasteiger partial charge in [0.05, 0.1) is 0 Å². The summed E-state index contributed by atoms with van der Waals surface area (Å²) in [6, 6.07) is 8.34. The topological polar surface area (TPSA) is 46.5 Å². The fourth-order valence-corrected chi connectivity index (χ4v) is 3.10. The summed E-state index contributed by atoms with van der Waals surface area (Å²) < 4.78 is 2.29. The van der Waals surface area contributed by atoms with Gasteiger partial charge in [0.25, 0.3) is 0 Å². The third-order valence-electron chi connectivity index (χ3n) is 4.27. The van der Waals surface area contributed by atoms with Crippen LogP contribution in [0.3, 0.4) is 0 Å². The van der Waals surface area contributed by atoms with Gasteiger partial charge in [-0.3, -0.25) is 0 Å². The molecule has 20 heavy (non-hydrogen) atoms. The minimum atomic E-state index is 0.316. The van der Waals surface area contributed by atoms with Crippen LogP contribution >= 0.6 is 0 Å². The Labute approximate surface area is 117 Å². The van der Waals surface area contributed by atoms with Gasteiger partial charge in [0, 0.05) is 35.6 Å². The summed E-state index contributed by atoms with van der Waals surface area (Å²) in [5, 5.41) is 10.0. The summed E-state index contributed by atoms with van der Waals surface area (Å²) in [6.45, 7) is 5.62. The van der Waals surface area contributed by atoms with Gasteiger partial charge in [0.2, 0.25) is 0 Å². The molecule has 0 atom stereocenters. The minimum Gasteiger partial charge on any atom is -0.360 e. The van der Waals surface area contributed by atoms with E-state index in [1.807, 2.05) is 12.3 Å². The fraction of sp³-hybridized carbons (Fsp3) is 0.375. The van der Waals surface area contributed by atoms with Crippen molar-refractivity contribution in [1.29, 1.82) is 0 Å². The smallest absolute Gasteiger partial charge is 0.166 e. The van der Waals surface area contributed by atoms with E-state index in [4.69, 9.17) is 0 Å². The molecule has 0 radical (unpaired) electrons. The maximum absolute atomic E-state index is 4.45. The molecule has 1 aromatic carbocycles. The van der Waals surface area contributed by atoms with Gasteiger partial charge >= 0.3 is 0 Å². The summed E-state index contributed by atoms with van der Waals surface area (Å²) in [7, 11) is 0. The second-order valence-electron chi connectivity index (χ2n) is 6.44. The number of para-hydroxylation sites is 1. The van der Waals surface area contributed by atoms with Crippen molar-refractivity contribution < 1.29 is 0 Å². The number of nitrogens with one attached hydrogen (secondary N) is 1. The lowest BCUT2D eigenvalue weighted by Gasteiger charge is -2.30. The van der Waals surface area contributed by atoms with Gasteiger partial charge in [0.1, 0.15) is 5.82 Å². The van der Waals surface area contributed by atoms with Crippen LogP contribution in [0.5, 0.6) is 0 Å². The molecule has 0 spiro atoms. The number of fused-ring (bicyclic) bond motifs is 2. The molecule has 0 saturated carbocycles. The summed E-state index contributed by atoms with van der Waals surface area (Å²) in [6.07, 6.45) is 4.24. The summed E-state index contributed by atoms with van der Waals surface area (Å²) in [5.41, 5.74) is 2.61. The first-order valence-corrected chi connectivity index (χ1v) is 7.13. The van der Waals surface area contributed by atoms with E-state index < -0.39 is 0 Å². The van der Waals surface area contributed by atoms with E-state index in [9.17, 15) is 0 Å². The van der Waals surface area contributed by atoms with Crippen LogP contribution in [0, 0.1) is 5.41 Å². The lowest BCUT2D eigenvalue weighted by atomic mass is 9.85. The van der Waals surface area contributed by atoms with Crippen molar-refractivity contribution in [2.24, 2.45) is 5.41 Å².